The maximum atomic E-state index is 12.5. The second-order valence-electron chi connectivity index (χ2n) is 4.98. The van der Waals surface area contributed by atoms with Crippen LogP contribution in [0.4, 0.5) is 5.69 Å². The molecule has 0 aromatic carbocycles. The normalized spacial score (nSPS) is 11.2. The molecule has 4 heteroatoms. The van der Waals surface area contributed by atoms with Gasteiger partial charge in [0.25, 0.3) is 5.91 Å². The molecule has 0 aliphatic carbocycles. The largest absolute Gasteiger partial charge is 0.383 e. The lowest BCUT2D eigenvalue weighted by molar-refractivity contribution is 0.0621. The Bertz CT molecular complexity index is 415. The Morgan fingerprint density at radius 3 is 2.67 bits per heavy atom. The molecule has 0 bridgehead atoms. The van der Waals surface area contributed by atoms with E-state index in [9.17, 15) is 4.79 Å². The maximum absolute atomic E-state index is 12.5. The van der Waals surface area contributed by atoms with Gasteiger partial charge in [-0.15, -0.1) is 0 Å². The molecule has 4 nitrogen and oxygen atoms in total. The van der Waals surface area contributed by atoms with Crippen LogP contribution < -0.4 is 5.32 Å². The molecule has 0 atom stereocenters. The highest BCUT2D eigenvalue weighted by atomic mass is 16.2. The van der Waals surface area contributed by atoms with Gasteiger partial charge in [0.15, 0.2) is 0 Å². The monoisotopic (exact) mass is 249 g/mol. The van der Waals surface area contributed by atoms with Crippen LogP contribution >= 0.6 is 0 Å². The predicted molar refractivity (Wildman–Crippen MR) is 74.9 cm³/mol. The first-order valence-electron chi connectivity index (χ1n) is 6.40. The Kier molecular flexibility index (Phi) is 4.70. The van der Waals surface area contributed by atoms with Crippen molar-refractivity contribution in [3.05, 3.63) is 24.0 Å². The lowest BCUT2D eigenvalue weighted by Crippen LogP contribution is -2.44. The van der Waals surface area contributed by atoms with Gasteiger partial charge in [-0.2, -0.15) is 0 Å². The molecule has 1 amide bonds. The average molecular weight is 249 g/mol. The summed E-state index contributed by atoms with van der Waals surface area (Å²) in [6, 6.07) is 1.77. The minimum atomic E-state index is -0.149. The quantitative estimate of drug-likeness (QED) is 0.872. The summed E-state index contributed by atoms with van der Waals surface area (Å²) in [7, 11) is 1.85. The number of hydrogen-bond acceptors (Lipinski definition) is 3. The first kappa shape index (κ1) is 14.5. The highest BCUT2D eigenvalue weighted by Gasteiger charge is 2.27. The molecule has 18 heavy (non-hydrogen) atoms. The number of aromatic nitrogens is 1. The molecular weight excluding hydrogens is 226 g/mol. The molecular formula is C14H23N3O. The zero-order valence-electron chi connectivity index (χ0n) is 11.9. The fourth-order valence-electron chi connectivity index (χ4n) is 1.61. The van der Waals surface area contributed by atoms with Crippen molar-refractivity contribution in [1.82, 2.24) is 9.88 Å². The van der Waals surface area contributed by atoms with E-state index in [1.165, 1.54) is 0 Å². The summed E-state index contributed by atoms with van der Waals surface area (Å²) in [5, 5.41) is 3.17. The summed E-state index contributed by atoms with van der Waals surface area (Å²) in [5.74, 6) is 0.0280. The second-order valence-corrected chi connectivity index (χ2v) is 4.98. The average Bonchev–Trinajstić information content (AvgIpc) is 2.38. The summed E-state index contributed by atoms with van der Waals surface area (Å²) in [4.78, 5) is 18.4. The lowest BCUT2D eigenvalue weighted by atomic mass is 9.99. The molecule has 1 aromatic heterocycles. The van der Waals surface area contributed by atoms with Crippen LogP contribution in [0.2, 0.25) is 0 Å². The first-order valence-corrected chi connectivity index (χ1v) is 6.40. The first-order chi connectivity index (χ1) is 8.44. The summed E-state index contributed by atoms with van der Waals surface area (Å²) in [5.41, 5.74) is 1.32. The molecule has 0 saturated heterocycles. The second kappa shape index (κ2) is 5.85. The van der Waals surface area contributed by atoms with E-state index < -0.39 is 0 Å². The summed E-state index contributed by atoms with van der Waals surface area (Å²) >= 11 is 0. The number of rotatable bonds is 5. The van der Waals surface area contributed by atoms with E-state index in [1.54, 1.807) is 23.4 Å². The van der Waals surface area contributed by atoms with Crippen LogP contribution in [0.3, 0.4) is 0 Å². The van der Waals surface area contributed by atoms with Gasteiger partial charge in [-0.25, -0.2) is 0 Å². The number of nitrogens with zero attached hydrogens (tertiary/aromatic N) is 2. The Morgan fingerprint density at radius 2 is 2.11 bits per heavy atom. The number of nitrogens with one attached hydrogen (secondary N) is 1. The van der Waals surface area contributed by atoms with Crippen molar-refractivity contribution < 1.29 is 4.79 Å². The number of pyridine rings is 1. The number of amides is 1. The van der Waals surface area contributed by atoms with E-state index in [-0.39, 0.29) is 11.4 Å². The highest BCUT2D eigenvalue weighted by molar-refractivity contribution is 5.99. The molecule has 0 aliphatic rings. The van der Waals surface area contributed by atoms with Gasteiger partial charge in [0.05, 0.1) is 17.4 Å². The molecule has 1 heterocycles. The molecule has 0 saturated carbocycles. The third-order valence-electron chi connectivity index (χ3n) is 3.50. The van der Waals surface area contributed by atoms with Crippen molar-refractivity contribution in [1.29, 1.82) is 0 Å². The van der Waals surface area contributed by atoms with E-state index in [0.717, 1.165) is 18.7 Å². The fourth-order valence-corrected chi connectivity index (χ4v) is 1.61. The van der Waals surface area contributed by atoms with Crippen LogP contribution in [0, 0.1) is 0 Å². The third-order valence-corrected chi connectivity index (χ3v) is 3.50. The van der Waals surface area contributed by atoms with Gasteiger partial charge in [-0.05, 0) is 33.3 Å². The van der Waals surface area contributed by atoms with Crippen molar-refractivity contribution in [3.8, 4) is 0 Å². The van der Waals surface area contributed by atoms with Crippen molar-refractivity contribution in [2.75, 3.05) is 18.9 Å². The summed E-state index contributed by atoms with van der Waals surface area (Å²) in [6.45, 7) is 8.99. The fraction of sp³-hybridized carbons (Fsp3) is 0.571. The van der Waals surface area contributed by atoms with Crippen LogP contribution in [0.1, 0.15) is 44.5 Å². The molecule has 1 N–H and O–H groups in total. The van der Waals surface area contributed by atoms with Crippen LogP contribution in [0.25, 0.3) is 0 Å². The smallest absolute Gasteiger partial charge is 0.256 e. The summed E-state index contributed by atoms with van der Waals surface area (Å²) in [6.07, 6.45) is 4.27. The van der Waals surface area contributed by atoms with Gasteiger partial charge in [-0.3, -0.25) is 9.78 Å². The van der Waals surface area contributed by atoms with Crippen LogP contribution in [0.5, 0.6) is 0 Å². The molecule has 0 radical (unpaired) electrons. The van der Waals surface area contributed by atoms with Gasteiger partial charge in [0.1, 0.15) is 0 Å². The molecule has 100 valence electrons. The Labute approximate surface area is 109 Å². The standard InChI is InChI=1S/C14H23N3O/c1-6-14(3,4)17(5)13(18)11-8-9-15-10-12(11)16-7-2/h8-10,16H,6-7H2,1-5H3. The van der Waals surface area contributed by atoms with Crippen molar-refractivity contribution in [3.63, 3.8) is 0 Å². The minimum Gasteiger partial charge on any atom is -0.383 e. The minimum absolute atomic E-state index is 0.0280. The predicted octanol–water partition coefficient (Wildman–Crippen LogP) is 2.77. The van der Waals surface area contributed by atoms with E-state index in [4.69, 9.17) is 0 Å². The van der Waals surface area contributed by atoms with Gasteiger partial charge in [-0.1, -0.05) is 6.92 Å². The van der Waals surface area contributed by atoms with Crippen LogP contribution in [-0.4, -0.2) is 34.9 Å². The van der Waals surface area contributed by atoms with Gasteiger partial charge in [0, 0.05) is 25.3 Å². The summed E-state index contributed by atoms with van der Waals surface area (Å²) < 4.78 is 0. The number of carbonyl (C=O) groups excluding carboxylic acids is 1. The molecule has 0 unspecified atom stereocenters. The third kappa shape index (κ3) is 3.00. The number of hydrogen-bond donors (Lipinski definition) is 1. The van der Waals surface area contributed by atoms with Gasteiger partial charge in [0.2, 0.25) is 0 Å². The van der Waals surface area contributed by atoms with Gasteiger partial charge >= 0.3 is 0 Å². The van der Waals surface area contributed by atoms with E-state index in [2.05, 4.69) is 31.1 Å². The van der Waals surface area contributed by atoms with E-state index >= 15 is 0 Å². The zero-order chi connectivity index (χ0) is 13.8. The molecule has 0 aliphatic heterocycles. The molecule has 0 spiro atoms. The molecule has 0 fully saturated rings. The highest BCUT2D eigenvalue weighted by Crippen LogP contribution is 2.22. The van der Waals surface area contributed by atoms with E-state index in [0.29, 0.717) is 5.56 Å². The van der Waals surface area contributed by atoms with Crippen molar-refractivity contribution >= 4 is 11.6 Å². The Morgan fingerprint density at radius 1 is 1.44 bits per heavy atom. The van der Waals surface area contributed by atoms with Crippen molar-refractivity contribution in [2.24, 2.45) is 0 Å². The van der Waals surface area contributed by atoms with Gasteiger partial charge < -0.3 is 10.2 Å². The molecule has 1 aromatic rings. The zero-order valence-corrected chi connectivity index (χ0v) is 11.9. The Hall–Kier alpha value is -1.58. The van der Waals surface area contributed by atoms with Crippen LogP contribution in [0.15, 0.2) is 18.5 Å². The Balaban J connectivity index is 3.04. The topological polar surface area (TPSA) is 45.2 Å². The molecule has 1 rings (SSSR count). The SMILES string of the molecule is CCNc1cnccc1C(=O)N(C)C(C)(C)CC. The number of anilines is 1. The van der Waals surface area contributed by atoms with Crippen molar-refractivity contribution in [2.45, 2.75) is 39.7 Å². The number of carbonyl (C=O) groups is 1. The maximum Gasteiger partial charge on any atom is 0.256 e. The van der Waals surface area contributed by atoms with E-state index in [1.807, 2.05) is 14.0 Å². The lowest BCUT2D eigenvalue weighted by Gasteiger charge is -2.35. The van der Waals surface area contributed by atoms with Crippen LogP contribution in [-0.2, 0) is 0 Å².